The fraction of sp³-hybridized carbons (Fsp3) is 0.750. The van der Waals surface area contributed by atoms with Gasteiger partial charge in [-0.3, -0.25) is 0 Å². The van der Waals surface area contributed by atoms with Crippen LogP contribution in [-0.4, -0.2) is 34.3 Å². The highest BCUT2D eigenvalue weighted by molar-refractivity contribution is 5.57. The number of anilines is 2. The molecule has 0 amide bonds. The molecule has 1 aromatic rings. The Bertz CT molecular complexity index is 456. The van der Waals surface area contributed by atoms with Gasteiger partial charge in [0.2, 0.25) is 0 Å². The number of hydrogen-bond donors (Lipinski definition) is 3. The molecule has 2 rings (SSSR count). The average Bonchev–Trinajstić information content (AvgIpc) is 2.53. The van der Waals surface area contributed by atoms with Crippen molar-refractivity contribution >= 4 is 11.6 Å². The Morgan fingerprint density at radius 2 is 1.90 bits per heavy atom. The minimum absolute atomic E-state index is 0.566. The molecule has 1 heterocycles. The maximum Gasteiger partial charge on any atom is 0.134 e. The Labute approximate surface area is 127 Å². The highest BCUT2D eigenvalue weighted by Crippen LogP contribution is 2.34. The van der Waals surface area contributed by atoms with Gasteiger partial charge in [-0.15, -0.1) is 0 Å². The van der Waals surface area contributed by atoms with Crippen molar-refractivity contribution in [3.63, 3.8) is 0 Å². The van der Waals surface area contributed by atoms with Crippen LogP contribution in [0.4, 0.5) is 11.6 Å². The molecule has 118 valence electrons. The second-order valence-corrected chi connectivity index (χ2v) is 6.08. The predicted molar refractivity (Wildman–Crippen MR) is 86.6 cm³/mol. The van der Waals surface area contributed by atoms with Gasteiger partial charge in [0.25, 0.3) is 0 Å². The summed E-state index contributed by atoms with van der Waals surface area (Å²) in [4.78, 5) is 8.57. The first kappa shape index (κ1) is 16.0. The van der Waals surface area contributed by atoms with E-state index in [1.54, 1.807) is 6.33 Å². The van der Waals surface area contributed by atoms with Crippen LogP contribution in [0, 0.1) is 5.92 Å². The quantitative estimate of drug-likeness (QED) is 0.752. The van der Waals surface area contributed by atoms with Crippen LogP contribution in [0.25, 0.3) is 0 Å². The van der Waals surface area contributed by atoms with Crippen molar-refractivity contribution < 1.29 is 5.11 Å². The van der Waals surface area contributed by atoms with E-state index in [1.807, 2.05) is 7.05 Å². The fourth-order valence-corrected chi connectivity index (χ4v) is 3.16. The summed E-state index contributed by atoms with van der Waals surface area (Å²) in [6.07, 6.45) is 7.65. The van der Waals surface area contributed by atoms with Crippen molar-refractivity contribution in [2.75, 3.05) is 24.2 Å². The number of hydrogen-bond acceptors (Lipinski definition) is 5. The third-order valence-electron chi connectivity index (χ3n) is 4.73. The van der Waals surface area contributed by atoms with Crippen LogP contribution < -0.4 is 10.6 Å². The lowest BCUT2D eigenvalue weighted by atomic mass is 9.78. The minimum atomic E-state index is -0.596. The van der Waals surface area contributed by atoms with Gasteiger partial charge in [0.05, 0.1) is 5.60 Å². The van der Waals surface area contributed by atoms with Crippen LogP contribution in [0.1, 0.15) is 51.5 Å². The summed E-state index contributed by atoms with van der Waals surface area (Å²) >= 11 is 0. The molecule has 0 saturated heterocycles. The fourth-order valence-electron chi connectivity index (χ4n) is 3.16. The summed E-state index contributed by atoms with van der Waals surface area (Å²) in [5.74, 6) is 2.48. The molecule has 5 nitrogen and oxygen atoms in total. The molecule has 0 spiro atoms. The Balaban J connectivity index is 2.00. The van der Waals surface area contributed by atoms with Crippen molar-refractivity contribution in [3.05, 3.63) is 11.9 Å². The Hall–Kier alpha value is -1.36. The first-order valence-corrected chi connectivity index (χ1v) is 8.09. The second-order valence-electron chi connectivity index (χ2n) is 6.08. The summed E-state index contributed by atoms with van der Waals surface area (Å²) in [6, 6.07) is 0. The number of aliphatic hydroxyl groups is 1. The maximum absolute atomic E-state index is 10.7. The molecule has 0 unspecified atom stereocenters. The lowest BCUT2D eigenvalue weighted by Crippen LogP contribution is -2.40. The van der Waals surface area contributed by atoms with Gasteiger partial charge in [-0.2, -0.15) is 0 Å². The summed E-state index contributed by atoms with van der Waals surface area (Å²) in [6.45, 7) is 4.89. The maximum atomic E-state index is 10.7. The van der Waals surface area contributed by atoms with Crippen LogP contribution in [0.3, 0.4) is 0 Å². The van der Waals surface area contributed by atoms with E-state index in [9.17, 15) is 5.11 Å². The van der Waals surface area contributed by atoms with E-state index in [1.165, 1.54) is 6.42 Å². The summed E-state index contributed by atoms with van der Waals surface area (Å²) in [7, 11) is 1.87. The van der Waals surface area contributed by atoms with Gasteiger partial charge < -0.3 is 15.7 Å². The SMILES string of the molecule is CCc1c(NC)ncnc1NCC1(O)CCC(CC)CC1. The van der Waals surface area contributed by atoms with Gasteiger partial charge in [-0.25, -0.2) is 9.97 Å². The van der Waals surface area contributed by atoms with Crippen LogP contribution >= 0.6 is 0 Å². The molecule has 21 heavy (non-hydrogen) atoms. The van der Waals surface area contributed by atoms with Crippen molar-refractivity contribution in [2.45, 2.75) is 58.0 Å². The molecule has 1 fully saturated rings. The number of aromatic nitrogens is 2. The largest absolute Gasteiger partial charge is 0.388 e. The Kier molecular flexibility index (Phi) is 5.39. The van der Waals surface area contributed by atoms with Crippen LogP contribution in [-0.2, 0) is 6.42 Å². The lowest BCUT2D eigenvalue weighted by Gasteiger charge is -2.36. The van der Waals surface area contributed by atoms with E-state index >= 15 is 0 Å². The average molecular weight is 292 g/mol. The third-order valence-corrected chi connectivity index (χ3v) is 4.73. The van der Waals surface area contributed by atoms with Crippen molar-refractivity contribution in [1.29, 1.82) is 0 Å². The third kappa shape index (κ3) is 3.84. The number of nitrogens with one attached hydrogen (secondary N) is 2. The zero-order valence-corrected chi connectivity index (χ0v) is 13.4. The minimum Gasteiger partial charge on any atom is -0.388 e. The van der Waals surface area contributed by atoms with E-state index in [4.69, 9.17) is 0 Å². The molecule has 5 heteroatoms. The molecule has 0 atom stereocenters. The van der Waals surface area contributed by atoms with Crippen LogP contribution in [0.2, 0.25) is 0 Å². The molecule has 1 aromatic heterocycles. The van der Waals surface area contributed by atoms with Gasteiger partial charge >= 0.3 is 0 Å². The molecule has 1 saturated carbocycles. The zero-order chi connectivity index (χ0) is 15.3. The second kappa shape index (κ2) is 7.07. The van der Waals surface area contributed by atoms with Gasteiger partial charge in [0.1, 0.15) is 18.0 Å². The van der Waals surface area contributed by atoms with Crippen molar-refractivity contribution in [1.82, 2.24) is 9.97 Å². The first-order valence-electron chi connectivity index (χ1n) is 8.09. The van der Waals surface area contributed by atoms with Gasteiger partial charge in [-0.1, -0.05) is 20.3 Å². The molecule has 0 radical (unpaired) electrons. The Morgan fingerprint density at radius 1 is 1.24 bits per heavy atom. The number of rotatable bonds is 6. The molecule has 1 aliphatic carbocycles. The van der Waals surface area contributed by atoms with Crippen molar-refractivity contribution in [2.24, 2.45) is 5.92 Å². The highest BCUT2D eigenvalue weighted by Gasteiger charge is 2.32. The molecule has 0 aromatic carbocycles. The summed E-state index contributed by atoms with van der Waals surface area (Å²) in [5, 5.41) is 17.1. The van der Waals surface area contributed by atoms with Crippen molar-refractivity contribution in [3.8, 4) is 0 Å². The Morgan fingerprint density at radius 3 is 2.48 bits per heavy atom. The topological polar surface area (TPSA) is 70.1 Å². The molecule has 1 aliphatic rings. The molecular weight excluding hydrogens is 264 g/mol. The predicted octanol–water partition coefficient (Wildman–Crippen LogP) is 2.82. The smallest absolute Gasteiger partial charge is 0.134 e. The number of nitrogens with zero attached hydrogens (tertiary/aromatic N) is 2. The van der Waals surface area contributed by atoms with E-state index < -0.39 is 5.60 Å². The highest BCUT2D eigenvalue weighted by atomic mass is 16.3. The lowest BCUT2D eigenvalue weighted by molar-refractivity contribution is 0.00222. The molecule has 0 aliphatic heterocycles. The molecule has 0 bridgehead atoms. The van der Waals surface area contributed by atoms with Crippen LogP contribution in [0.5, 0.6) is 0 Å². The molecular formula is C16H28N4O. The van der Waals surface area contributed by atoms with Gasteiger partial charge in [0, 0.05) is 19.2 Å². The van der Waals surface area contributed by atoms with E-state index in [0.29, 0.717) is 6.54 Å². The monoisotopic (exact) mass is 292 g/mol. The molecule has 3 N–H and O–H groups in total. The normalized spacial score (nSPS) is 25.6. The standard InChI is InChI=1S/C16H28N4O/c1-4-12-6-8-16(21,9-7-12)10-18-15-13(5-2)14(17-3)19-11-20-15/h11-12,21H,4-10H2,1-3H3,(H2,17,18,19,20). The van der Waals surface area contributed by atoms with Crippen LogP contribution in [0.15, 0.2) is 6.33 Å². The van der Waals surface area contributed by atoms with E-state index in [2.05, 4.69) is 34.4 Å². The van der Waals surface area contributed by atoms with Gasteiger partial charge in [-0.05, 0) is 38.0 Å². The summed E-state index contributed by atoms with van der Waals surface area (Å²) < 4.78 is 0. The van der Waals surface area contributed by atoms with E-state index in [0.717, 1.165) is 55.2 Å². The first-order chi connectivity index (χ1) is 10.1. The summed E-state index contributed by atoms with van der Waals surface area (Å²) in [5.41, 5.74) is 0.479. The zero-order valence-electron chi connectivity index (χ0n) is 13.4. The van der Waals surface area contributed by atoms with Gasteiger partial charge in [0.15, 0.2) is 0 Å². The van der Waals surface area contributed by atoms with E-state index in [-0.39, 0.29) is 0 Å².